The summed E-state index contributed by atoms with van der Waals surface area (Å²) in [7, 11) is 2.10. The molecule has 0 saturated heterocycles. The first-order valence-corrected chi connectivity index (χ1v) is 8.91. The van der Waals surface area contributed by atoms with E-state index in [0.29, 0.717) is 6.04 Å². The van der Waals surface area contributed by atoms with E-state index in [1.165, 1.54) is 40.6 Å². The number of rotatable bonds is 4. The van der Waals surface area contributed by atoms with Gasteiger partial charge in [-0.2, -0.15) is 0 Å². The van der Waals surface area contributed by atoms with Gasteiger partial charge < -0.3 is 5.32 Å². The third kappa shape index (κ3) is 2.36. The van der Waals surface area contributed by atoms with Crippen LogP contribution in [0.1, 0.15) is 42.2 Å². The Morgan fingerprint density at radius 1 is 1.15 bits per heavy atom. The second-order valence-electron chi connectivity index (χ2n) is 5.58. The minimum atomic E-state index is 0.239. The van der Waals surface area contributed by atoms with Crippen LogP contribution in [0.2, 0.25) is 0 Å². The highest BCUT2D eigenvalue weighted by molar-refractivity contribution is 9.10. The van der Waals surface area contributed by atoms with Crippen LogP contribution in [0.4, 0.5) is 0 Å². The van der Waals surface area contributed by atoms with Crippen molar-refractivity contribution in [1.82, 2.24) is 5.32 Å². The summed E-state index contributed by atoms with van der Waals surface area (Å²) in [6.07, 6.45) is 5.20. The fraction of sp³-hybridized carbons (Fsp3) is 0.412. The zero-order chi connectivity index (χ0) is 14.0. The van der Waals surface area contributed by atoms with E-state index in [4.69, 9.17) is 0 Å². The van der Waals surface area contributed by atoms with Gasteiger partial charge in [-0.3, -0.25) is 0 Å². The lowest BCUT2D eigenvalue weighted by Crippen LogP contribution is -2.38. The molecule has 20 heavy (non-hydrogen) atoms. The number of hydrogen-bond donors (Lipinski definition) is 1. The van der Waals surface area contributed by atoms with Crippen LogP contribution in [-0.2, 0) is 5.41 Å². The molecular formula is C17H20BrNS. The van der Waals surface area contributed by atoms with E-state index in [0.717, 1.165) is 0 Å². The highest BCUT2D eigenvalue weighted by Gasteiger charge is 2.43. The van der Waals surface area contributed by atoms with Crippen LogP contribution in [0.25, 0.3) is 0 Å². The Balaban J connectivity index is 2.08. The number of nitrogens with one attached hydrogen (secondary N) is 1. The largest absolute Gasteiger partial charge is 0.312 e. The predicted molar refractivity (Wildman–Crippen MR) is 90.4 cm³/mol. The molecule has 3 heteroatoms. The van der Waals surface area contributed by atoms with Gasteiger partial charge in [-0.1, -0.05) is 43.2 Å². The normalized spacial score (nSPS) is 19.1. The molecule has 0 bridgehead atoms. The van der Waals surface area contributed by atoms with E-state index < -0.39 is 0 Å². The molecule has 0 spiro atoms. The van der Waals surface area contributed by atoms with Crippen LogP contribution in [-0.4, -0.2) is 7.05 Å². The van der Waals surface area contributed by atoms with Crippen molar-refractivity contribution < 1.29 is 0 Å². The van der Waals surface area contributed by atoms with E-state index in [1.807, 2.05) is 11.3 Å². The Hall–Kier alpha value is -0.640. The number of benzene rings is 1. The molecule has 1 unspecified atom stereocenters. The summed E-state index contributed by atoms with van der Waals surface area (Å²) < 4.78 is 1.24. The van der Waals surface area contributed by atoms with Gasteiger partial charge >= 0.3 is 0 Å². The Labute approximate surface area is 133 Å². The number of thiophene rings is 1. The van der Waals surface area contributed by atoms with Crippen molar-refractivity contribution >= 4 is 27.3 Å². The highest BCUT2D eigenvalue weighted by Crippen LogP contribution is 2.51. The summed E-state index contributed by atoms with van der Waals surface area (Å²) in [5.74, 6) is 0. The predicted octanol–water partition coefficient (Wildman–Crippen LogP) is 5.28. The average molecular weight is 350 g/mol. The van der Waals surface area contributed by atoms with Gasteiger partial charge in [-0.15, -0.1) is 11.3 Å². The summed E-state index contributed by atoms with van der Waals surface area (Å²) in [6, 6.07) is 13.6. The summed E-state index contributed by atoms with van der Waals surface area (Å²) in [5, 5.41) is 5.78. The van der Waals surface area contributed by atoms with E-state index in [9.17, 15) is 0 Å². The molecule has 3 rings (SSSR count). The number of halogens is 1. The maximum Gasteiger partial charge on any atom is 0.0521 e. The molecule has 1 fully saturated rings. The topological polar surface area (TPSA) is 12.0 Å². The van der Waals surface area contributed by atoms with Crippen LogP contribution < -0.4 is 5.32 Å². The molecule has 0 amide bonds. The van der Waals surface area contributed by atoms with Crippen LogP contribution in [0.15, 0.2) is 46.3 Å². The van der Waals surface area contributed by atoms with Crippen molar-refractivity contribution in [3.05, 3.63) is 56.7 Å². The zero-order valence-corrected chi connectivity index (χ0v) is 14.1. The van der Waals surface area contributed by atoms with Crippen molar-refractivity contribution in [3.8, 4) is 0 Å². The maximum atomic E-state index is 3.72. The van der Waals surface area contributed by atoms with Crippen molar-refractivity contribution in [2.75, 3.05) is 7.05 Å². The molecule has 0 aliphatic heterocycles. The van der Waals surface area contributed by atoms with Crippen molar-refractivity contribution in [3.63, 3.8) is 0 Å². The van der Waals surface area contributed by atoms with Gasteiger partial charge in [0.1, 0.15) is 0 Å². The molecule has 1 nitrogen and oxygen atoms in total. The van der Waals surface area contributed by atoms with Crippen molar-refractivity contribution in [2.24, 2.45) is 0 Å². The smallest absolute Gasteiger partial charge is 0.0521 e. The molecule has 1 aliphatic rings. The third-order valence-electron chi connectivity index (χ3n) is 4.59. The van der Waals surface area contributed by atoms with Gasteiger partial charge in [0.05, 0.1) is 6.04 Å². The summed E-state index contributed by atoms with van der Waals surface area (Å²) in [4.78, 5) is 1.43. The molecule has 1 saturated carbocycles. The molecule has 1 aromatic carbocycles. The van der Waals surface area contributed by atoms with Crippen molar-refractivity contribution in [2.45, 2.75) is 37.1 Å². The summed E-state index contributed by atoms with van der Waals surface area (Å²) >= 11 is 5.57. The molecule has 1 aromatic heterocycles. The van der Waals surface area contributed by atoms with E-state index in [2.05, 4.69) is 70.1 Å². The van der Waals surface area contributed by atoms with Gasteiger partial charge in [0.25, 0.3) is 0 Å². The lowest BCUT2D eigenvalue weighted by atomic mass is 9.72. The van der Waals surface area contributed by atoms with E-state index in [1.54, 1.807) is 0 Å². The average Bonchev–Trinajstić information content (AvgIpc) is 3.12. The van der Waals surface area contributed by atoms with Crippen LogP contribution in [0, 0.1) is 0 Å². The third-order valence-corrected chi connectivity index (χ3v) is 6.53. The lowest BCUT2D eigenvalue weighted by Gasteiger charge is -2.38. The second kappa shape index (κ2) is 6.00. The number of likely N-dealkylation sites (N-methyl/N-ethyl adjacent to an activating group) is 1. The molecular weight excluding hydrogens is 330 g/mol. The molecule has 1 atom stereocenters. The standard InChI is InChI=1S/C17H20BrNS/c1-19-16(15-14(18)9-12-20-15)17(10-5-6-11-17)13-7-3-2-4-8-13/h2-4,7-9,12,16,19H,5-6,10-11H2,1H3. The molecule has 1 heterocycles. The monoisotopic (exact) mass is 349 g/mol. The molecule has 2 aromatic rings. The first-order chi connectivity index (χ1) is 9.78. The quantitative estimate of drug-likeness (QED) is 0.791. The lowest BCUT2D eigenvalue weighted by molar-refractivity contribution is 0.319. The van der Waals surface area contributed by atoms with E-state index >= 15 is 0 Å². The molecule has 106 valence electrons. The Morgan fingerprint density at radius 3 is 2.40 bits per heavy atom. The Bertz CT molecular complexity index is 557. The first-order valence-electron chi connectivity index (χ1n) is 7.23. The fourth-order valence-electron chi connectivity index (χ4n) is 3.69. The molecule has 0 radical (unpaired) electrons. The minimum Gasteiger partial charge on any atom is -0.312 e. The second-order valence-corrected chi connectivity index (χ2v) is 7.39. The Kier molecular flexibility index (Phi) is 4.29. The van der Waals surface area contributed by atoms with Gasteiger partial charge in [0, 0.05) is 14.8 Å². The van der Waals surface area contributed by atoms with Crippen LogP contribution >= 0.6 is 27.3 Å². The molecule has 1 aliphatic carbocycles. The van der Waals surface area contributed by atoms with E-state index in [-0.39, 0.29) is 5.41 Å². The minimum absolute atomic E-state index is 0.239. The zero-order valence-electron chi connectivity index (χ0n) is 11.7. The van der Waals surface area contributed by atoms with Gasteiger partial charge in [-0.05, 0) is 52.8 Å². The fourth-order valence-corrected chi connectivity index (χ4v) is 5.52. The maximum absolute atomic E-state index is 3.72. The summed E-state index contributed by atoms with van der Waals surface area (Å²) in [6.45, 7) is 0. The van der Waals surface area contributed by atoms with Crippen molar-refractivity contribution in [1.29, 1.82) is 0 Å². The highest BCUT2D eigenvalue weighted by atomic mass is 79.9. The SMILES string of the molecule is CNC(c1sccc1Br)C1(c2ccccc2)CCCC1. The summed E-state index contributed by atoms with van der Waals surface area (Å²) in [5.41, 5.74) is 1.72. The first kappa shape index (κ1) is 14.3. The van der Waals surface area contributed by atoms with Crippen LogP contribution in [0.5, 0.6) is 0 Å². The number of hydrogen-bond acceptors (Lipinski definition) is 2. The van der Waals surface area contributed by atoms with Gasteiger partial charge in [0.15, 0.2) is 0 Å². The Morgan fingerprint density at radius 2 is 1.85 bits per heavy atom. The van der Waals surface area contributed by atoms with Crippen LogP contribution in [0.3, 0.4) is 0 Å². The van der Waals surface area contributed by atoms with Gasteiger partial charge in [0.2, 0.25) is 0 Å². The molecule has 1 N–H and O–H groups in total. The van der Waals surface area contributed by atoms with Gasteiger partial charge in [-0.25, -0.2) is 0 Å².